The van der Waals surface area contributed by atoms with Crippen LogP contribution in [0.4, 0.5) is 8.78 Å². The minimum absolute atomic E-state index is 0.0901. The van der Waals surface area contributed by atoms with Crippen molar-refractivity contribution in [2.75, 3.05) is 7.05 Å². The van der Waals surface area contributed by atoms with Gasteiger partial charge in [0.25, 0.3) is 5.92 Å². The van der Waals surface area contributed by atoms with Gasteiger partial charge in [-0.15, -0.1) is 0 Å². The van der Waals surface area contributed by atoms with Gasteiger partial charge in [-0.25, -0.2) is 13.8 Å². The fourth-order valence-corrected chi connectivity index (χ4v) is 4.31. The van der Waals surface area contributed by atoms with Crippen molar-refractivity contribution in [1.82, 2.24) is 4.90 Å². The minimum Gasteiger partial charge on any atom is -0.369 e. The highest BCUT2D eigenvalue weighted by atomic mass is 19.3. The molecule has 2 N–H and O–H groups in total. The van der Waals surface area contributed by atoms with E-state index in [1.54, 1.807) is 19.2 Å². The molecular weight excluding hydrogens is 398 g/mol. The molecule has 1 unspecified atom stereocenters. The van der Waals surface area contributed by atoms with E-state index in [0.717, 1.165) is 30.9 Å². The minimum atomic E-state index is -2.97. The maximum atomic E-state index is 13.7. The Morgan fingerprint density at radius 1 is 1.19 bits per heavy atom. The third-order valence-electron chi connectivity index (χ3n) is 6.54. The summed E-state index contributed by atoms with van der Waals surface area (Å²) in [6, 6.07) is 15.8. The van der Waals surface area contributed by atoms with Crippen molar-refractivity contribution >= 4 is 11.9 Å². The Kier molecular flexibility index (Phi) is 4.65. The number of guanidine groups is 1. The van der Waals surface area contributed by atoms with Crippen molar-refractivity contribution in [3.63, 3.8) is 0 Å². The van der Waals surface area contributed by atoms with Crippen molar-refractivity contribution < 1.29 is 13.6 Å². The molecule has 1 aliphatic heterocycles. The van der Waals surface area contributed by atoms with Crippen LogP contribution in [0.2, 0.25) is 0 Å². The molecule has 1 amide bonds. The van der Waals surface area contributed by atoms with Gasteiger partial charge in [0.1, 0.15) is 5.54 Å². The van der Waals surface area contributed by atoms with Crippen LogP contribution >= 0.6 is 0 Å². The Balaban J connectivity index is 1.85. The third kappa shape index (κ3) is 3.36. The van der Waals surface area contributed by atoms with E-state index < -0.39 is 22.8 Å². The zero-order valence-electron chi connectivity index (χ0n) is 17.7. The topological polar surface area (TPSA) is 82.5 Å². The molecule has 31 heavy (non-hydrogen) atoms. The maximum Gasteiger partial charge on any atom is 0.270 e. The van der Waals surface area contributed by atoms with Crippen molar-refractivity contribution in [3.05, 3.63) is 70.8 Å². The molecule has 0 spiro atoms. The molecule has 2 aromatic rings. The second-order valence-corrected chi connectivity index (χ2v) is 8.73. The molecule has 0 bridgehead atoms. The monoisotopic (exact) mass is 422 g/mol. The van der Waals surface area contributed by atoms with Gasteiger partial charge < -0.3 is 5.73 Å². The Morgan fingerprint density at radius 3 is 2.35 bits per heavy atom. The van der Waals surface area contributed by atoms with Crippen LogP contribution in [-0.4, -0.2) is 23.8 Å². The number of carbonyl (C=O) groups is 1. The molecule has 5 nitrogen and oxygen atoms in total. The third-order valence-corrected chi connectivity index (χ3v) is 6.54. The number of carbonyl (C=O) groups excluding carboxylic acids is 1. The van der Waals surface area contributed by atoms with E-state index in [1.165, 1.54) is 17.0 Å². The normalized spacial score (nSPS) is 25.0. The van der Waals surface area contributed by atoms with Gasteiger partial charge in [0, 0.05) is 19.5 Å². The van der Waals surface area contributed by atoms with Gasteiger partial charge in [-0.2, -0.15) is 5.26 Å². The molecule has 1 aliphatic carbocycles. The lowest BCUT2D eigenvalue weighted by molar-refractivity contribution is -0.130. The summed E-state index contributed by atoms with van der Waals surface area (Å²) in [6.45, 7) is 2.66. The van der Waals surface area contributed by atoms with Crippen LogP contribution in [0, 0.1) is 11.3 Å². The highest BCUT2D eigenvalue weighted by Gasteiger charge is 2.49. The van der Waals surface area contributed by atoms with Gasteiger partial charge in [0.2, 0.25) is 5.91 Å². The van der Waals surface area contributed by atoms with Gasteiger partial charge in [-0.3, -0.25) is 9.69 Å². The van der Waals surface area contributed by atoms with Gasteiger partial charge in [0.15, 0.2) is 5.96 Å². The van der Waals surface area contributed by atoms with Gasteiger partial charge in [0.05, 0.1) is 17.4 Å². The second-order valence-electron chi connectivity index (χ2n) is 8.73. The summed E-state index contributed by atoms with van der Waals surface area (Å²) >= 11 is 0. The maximum absolute atomic E-state index is 13.7. The lowest BCUT2D eigenvalue weighted by Crippen LogP contribution is -2.52. The number of alkyl halides is 2. The van der Waals surface area contributed by atoms with Crippen LogP contribution in [0.15, 0.2) is 53.5 Å². The van der Waals surface area contributed by atoms with E-state index in [1.807, 2.05) is 31.2 Å². The second kappa shape index (κ2) is 6.88. The van der Waals surface area contributed by atoms with Crippen LogP contribution in [0.25, 0.3) is 0 Å². The first-order valence-electron chi connectivity index (χ1n) is 10.2. The smallest absolute Gasteiger partial charge is 0.270 e. The molecule has 2 atom stereocenters. The van der Waals surface area contributed by atoms with Crippen LogP contribution in [0.5, 0.6) is 0 Å². The number of benzene rings is 2. The van der Waals surface area contributed by atoms with Gasteiger partial charge >= 0.3 is 0 Å². The van der Waals surface area contributed by atoms with E-state index in [0.29, 0.717) is 5.56 Å². The average Bonchev–Trinajstić information content (AvgIpc) is 3.53. The fraction of sp³-hybridized carbons (Fsp3) is 0.375. The number of likely N-dealkylation sites (N-methyl/N-ethyl adjacent to an activating group) is 1. The summed E-state index contributed by atoms with van der Waals surface area (Å²) in [5.41, 5.74) is 6.64. The number of nitrogens with zero attached hydrogens (tertiary/aromatic N) is 3. The summed E-state index contributed by atoms with van der Waals surface area (Å²) in [4.78, 5) is 19.3. The summed E-state index contributed by atoms with van der Waals surface area (Å²) in [5.74, 6) is -3.90. The summed E-state index contributed by atoms with van der Waals surface area (Å²) in [7, 11) is 1.55. The number of hydrogen-bond donors (Lipinski definition) is 1. The van der Waals surface area contributed by atoms with Crippen molar-refractivity contribution in [1.29, 1.82) is 5.26 Å². The summed E-state index contributed by atoms with van der Waals surface area (Å²) in [5, 5.41) is 9.60. The number of halogens is 2. The fourth-order valence-electron chi connectivity index (χ4n) is 4.31. The number of aliphatic imine (C=N–C) groups is 1. The molecule has 0 radical (unpaired) electrons. The van der Waals surface area contributed by atoms with Crippen LogP contribution < -0.4 is 5.73 Å². The molecule has 4 rings (SSSR count). The predicted molar refractivity (Wildman–Crippen MR) is 113 cm³/mol. The molecule has 1 heterocycles. The van der Waals surface area contributed by atoms with E-state index in [9.17, 15) is 18.8 Å². The average molecular weight is 422 g/mol. The van der Waals surface area contributed by atoms with Crippen molar-refractivity contribution in [2.45, 2.75) is 49.5 Å². The van der Waals surface area contributed by atoms with E-state index in [4.69, 9.17) is 5.73 Å². The Labute approximate surface area is 180 Å². The van der Waals surface area contributed by atoms with E-state index in [-0.39, 0.29) is 17.4 Å². The zero-order valence-corrected chi connectivity index (χ0v) is 17.7. The molecule has 1 fully saturated rings. The SMILES string of the molecule is CN1C(=O)[C@H](c2ccc(C(C)(F)F)cc2)C(C)(c2cccc(C3(C#N)CC3)c2)N=C1N. The number of nitrogens with two attached hydrogens (primary N) is 1. The number of nitriles is 1. The lowest BCUT2D eigenvalue weighted by atomic mass is 9.73. The highest BCUT2D eigenvalue weighted by Crippen LogP contribution is 2.50. The first-order valence-corrected chi connectivity index (χ1v) is 10.2. The number of amides is 1. The van der Waals surface area contributed by atoms with Crippen molar-refractivity contribution in [2.24, 2.45) is 10.7 Å². The number of rotatable bonds is 4. The largest absolute Gasteiger partial charge is 0.369 e. The Bertz CT molecular complexity index is 1110. The Hall–Kier alpha value is -3.27. The Morgan fingerprint density at radius 2 is 1.81 bits per heavy atom. The number of hydrogen-bond acceptors (Lipinski definition) is 4. The molecule has 2 aliphatic rings. The summed E-state index contributed by atoms with van der Waals surface area (Å²) < 4.78 is 27.4. The van der Waals surface area contributed by atoms with Gasteiger partial charge in [-0.05, 0) is 36.5 Å². The van der Waals surface area contributed by atoms with Crippen LogP contribution in [0.1, 0.15) is 54.9 Å². The van der Waals surface area contributed by atoms with E-state index in [2.05, 4.69) is 11.1 Å². The first kappa shape index (κ1) is 21.0. The van der Waals surface area contributed by atoms with Crippen molar-refractivity contribution in [3.8, 4) is 6.07 Å². The van der Waals surface area contributed by atoms with E-state index >= 15 is 0 Å². The highest BCUT2D eigenvalue weighted by molar-refractivity contribution is 6.02. The molecule has 0 aromatic heterocycles. The molecule has 0 saturated heterocycles. The predicted octanol–water partition coefficient (Wildman–Crippen LogP) is 4.14. The van der Waals surface area contributed by atoms with Gasteiger partial charge in [-0.1, -0.05) is 48.5 Å². The summed E-state index contributed by atoms with van der Waals surface area (Å²) in [6.07, 6.45) is 1.60. The quantitative estimate of drug-likeness (QED) is 0.804. The molecule has 7 heteroatoms. The molecule has 160 valence electrons. The molecular formula is C24H24F2N4O. The standard InChI is InChI=1S/C24H24F2N4O/c1-22(17-5-4-6-18(13-17)24(14-27)11-12-24)19(20(31)30(3)21(28)29-22)15-7-9-16(10-8-15)23(2,25)26/h4-10,13,19H,11-12H2,1-3H3,(H2,28,29)/t19-,22?/m0/s1. The molecule has 2 aromatic carbocycles. The molecule has 1 saturated carbocycles. The van der Waals surface area contributed by atoms with Crippen LogP contribution in [-0.2, 0) is 21.7 Å². The first-order chi connectivity index (χ1) is 14.5. The zero-order chi connectivity index (χ0) is 22.6. The van der Waals surface area contributed by atoms with Crippen LogP contribution in [0.3, 0.4) is 0 Å². The lowest BCUT2D eigenvalue weighted by Gasteiger charge is -2.41.